The Kier molecular flexibility index (Phi) is 7.89. The van der Waals surface area contributed by atoms with Gasteiger partial charge < -0.3 is 15.7 Å². The summed E-state index contributed by atoms with van der Waals surface area (Å²) in [5.74, 6) is 1.15. The van der Waals surface area contributed by atoms with Gasteiger partial charge in [0.2, 0.25) is 0 Å². The Labute approximate surface area is 250 Å². The Morgan fingerprint density at radius 3 is 2.56 bits per heavy atom. The lowest BCUT2D eigenvalue weighted by Gasteiger charge is -2.41. The average Bonchev–Trinajstić information content (AvgIpc) is 3.42. The molecule has 1 aliphatic heterocycles. The molecule has 1 fully saturated rings. The molecule has 1 unspecified atom stereocenters. The number of likely N-dealkylation sites (tertiary alicyclic amines) is 1. The molecule has 3 aromatic heterocycles. The Morgan fingerprint density at radius 2 is 1.86 bits per heavy atom. The van der Waals surface area contributed by atoms with Crippen LogP contribution in [0.3, 0.4) is 0 Å². The van der Waals surface area contributed by atoms with Gasteiger partial charge in [-0.3, -0.25) is 14.3 Å². The van der Waals surface area contributed by atoms with E-state index in [1.54, 1.807) is 18.3 Å². The van der Waals surface area contributed by atoms with Crippen LogP contribution in [0, 0.1) is 0 Å². The summed E-state index contributed by atoms with van der Waals surface area (Å²) in [4.78, 5) is 30.4. The molecule has 0 radical (unpaired) electrons. The Morgan fingerprint density at radius 1 is 1.07 bits per heavy atom. The van der Waals surface area contributed by atoms with Crippen LogP contribution >= 0.6 is 0 Å². The number of fused-ring (bicyclic) bond motifs is 1. The fourth-order valence-corrected chi connectivity index (χ4v) is 6.02. The minimum Gasteiger partial charge on any atom is -0.507 e. The first-order valence-corrected chi connectivity index (χ1v) is 14.5. The second-order valence-electron chi connectivity index (χ2n) is 10.9. The predicted octanol–water partition coefficient (Wildman–Crippen LogP) is 5.94. The van der Waals surface area contributed by atoms with Crippen molar-refractivity contribution in [1.82, 2.24) is 24.4 Å². The zero-order chi connectivity index (χ0) is 29.9. The summed E-state index contributed by atoms with van der Waals surface area (Å²) in [6.07, 6.45) is 6.74. The van der Waals surface area contributed by atoms with Crippen molar-refractivity contribution in [2.45, 2.75) is 31.5 Å². The number of phenols is 1. The van der Waals surface area contributed by atoms with Crippen molar-refractivity contribution in [1.29, 1.82) is 0 Å². The molecule has 4 heterocycles. The first-order valence-electron chi connectivity index (χ1n) is 14.5. The Bertz CT molecular complexity index is 1760. The summed E-state index contributed by atoms with van der Waals surface area (Å²) >= 11 is 0. The Balaban J connectivity index is 1.36. The van der Waals surface area contributed by atoms with Gasteiger partial charge in [-0.25, -0.2) is 15.0 Å². The summed E-state index contributed by atoms with van der Waals surface area (Å²) < 4.78 is 2.21. The number of anilines is 2. The summed E-state index contributed by atoms with van der Waals surface area (Å²) in [6, 6.07) is 23.5. The highest BCUT2D eigenvalue weighted by atomic mass is 16.3. The van der Waals surface area contributed by atoms with Crippen molar-refractivity contribution < 1.29 is 9.90 Å². The van der Waals surface area contributed by atoms with Gasteiger partial charge in [-0.05, 0) is 55.7 Å². The summed E-state index contributed by atoms with van der Waals surface area (Å²) in [6.45, 7) is 5.78. The van der Waals surface area contributed by atoms with Crippen molar-refractivity contribution in [3.05, 3.63) is 97.2 Å². The molecular formula is C34H35N7O2. The number of phenolic OH excluding ortho intramolecular Hbond substituents is 1. The molecule has 6 rings (SSSR count). The molecule has 3 N–H and O–H groups in total. The van der Waals surface area contributed by atoms with Crippen LogP contribution < -0.4 is 10.6 Å². The van der Waals surface area contributed by atoms with Crippen LogP contribution in [0.1, 0.15) is 35.8 Å². The second-order valence-corrected chi connectivity index (χ2v) is 10.9. The lowest BCUT2D eigenvalue weighted by atomic mass is 10.0. The quantitative estimate of drug-likeness (QED) is 0.165. The molecular weight excluding hydrogens is 538 g/mol. The van der Waals surface area contributed by atoms with Crippen LogP contribution in [0.15, 0.2) is 91.6 Å². The van der Waals surface area contributed by atoms with E-state index >= 15 is 0 Å². The number of nitrogens with two attached hydrogens (primary N) is 1. The molecule has 43 heavy (non-hydrogen) atoms. The standard InChI is InChI=1S/C34H35N7O2/c1-3-8-31(40-19-16-25(17-20-40)39(2)26-13-12-24(22-42)30(43)21-26)41-33(27-11-7-18-36-32(27)35)38-29-15-14-28(37-34(29)41)23-9-5-4-6-10-23/h3-7,9-15,18,21-22,25,31,43H,1,8,16-17,19-20H2,2H3,(H2,35,36). The van der Waals surface area contributed by atoms with E-state index in [0.29, 0.717) is 24.1 Å². The van der Waals surface area contributed by atoms with Crippen LogP contribution in [0.2, 0.25) is 0 Å². The third-order valence-corrected chi connectivity index (χ3v) is 8.38. The number of aldehydes is 1. The lowest BCUT2D eigenvalue weighted by Crippen LogP contribution is -2.46. The molecule has 0 saturated carbocycles. The first-order chi connectivity index (χ1) is 21.0. The number of aromatic hydroxyl groups is 1. The lowest BCUT2D eigenvalue weighted by molar-refractivity contribution is 0.110. The number of imidazole rings is 1. The van der Waals surface area contributed by atoms with Crippen LogP contribution in [-0.2, 0) is 0 Å². The van der Waals surface area contributed by atoms with E-state index in [2.05, 4.69) is 38.1 Å². The number of benzene rings is 2. The first kappa shape index (κ1) is 28.1. The topological polar surface area (TPSA) is 113 Å². The maximum atomic E-state index is 11.2. The molecule has 0 amide bonds. The minimum atomic E-state index is -0.0854. The second kappa shape index (κ2) is 12.1. The van der Waals surface area contributed by atoms with Crippen molar-refractivity contribution in [3.8, 4) is 28.4 Å². The number of nitrogen functional groups attached to an aromatic ring is 1. The van der Waals surface area contributed by atoms with E-state index in [1.165, 1.54) is 0 Å². The number of carbonyl (C=O) groups is 1. The molecule has 0 bridgehead atoms. The maximum absolute atomic E-state index is 11.2. The van der Waals surface area contributed by atoms with Crippen LogP contribution in [0.4, 0.5) is 11.5 Å². The highest BCUT2D eigenvalue weighted by molar-refractivity contribution is 5.83. The number of hydrogen-bond acceptors (Lipinski definition) is 8. The van der Waals surface area contributed by atoms with E-state index in [0.717, 1.165) is 65.4 Å². The monoisotopic (exact) mass is 573 g/mol. The van der Waals surface area contributed by atoms with E-state index < -0.39 is 0 Å². The Hall–Kier alpha value is -5.02. The molecule has 1 aliphatic rings. The van der Waals surface area contributed by atoms with Crippen molar-refractivity contribution in [2.24, 2.45) is 0 Å². The molecule has 9 heteroatoms. The molecule has 0 aliphatic carbocycles. The highest BCUT2D eigenvalue weighted by Crippen LogP contribution is 2.36. The van der Waals surface area contributed by atoms with E-state index in [4.69, 9.17) is 15.7 Å². The van der Waals surface area contributed by atoms with Crippen LogP contribution in [-0.4, -0.2) is 62.0 Å². The van der Waals surface area contributed by atoms with E-state index in [1.807, 2.05) is 61.7 Å². The van der Waals surface area contributed by atoms with Gasteiger partial charge in [0.15, 0.2) is 11.9 Å². The maximum Gasteiger partial charge on any atom is 0.162 e. The zero-order valence-electron chi connectivity index (χ0n) is 24.2. The zero-order valence-corrected chi connectivity index (χ0v) is 24.2. The van der Waals surface area contributed by atoms with Crippen LogP contribution in [0.25, 0.3) is 33.8 Å². The summed E-state index contributed by atoms with van der Waals surface area (Å²) in [7, 11) is 2.04. The van der Waals surface area contributed by atoms with Gasteiger partial charge >= 0.3 is 0 Å². The highest BCUT2D eigenvalue weighted by Gasteiger charge is 2.31. The molecule has 0 spiro atoms. The van der Waals surface area contributed by atoms with Crippen molar-refractivity contribution in [2.75, 3.05) is 30.8 Å². The van der Waals surface area contributed by atoms with Gasteiger partial charge in [0.25, 0.3) is 0 Å². The largest absolute Gasteiger partial charge is 0.507 e. The molecule has 5 aromatic rings. The van der Waals surface area contributed by atoms with Gasteiger partial charge in [-0.1, -0.05) is 36.4 Å². The van der Waals surface area contributed by atoms with E-state index in [9.17, 15) is 9.90 Å². The number of hydrogen-bond donors (Lipinski definition) is 2. The number of piperidine rings is 1. The fraction of sp³-hybridized carbons (Fsp3) is 0.235. The van der Waals surface area contributed by atoms with Gasteiger partial charge in [-0.15, -0.1) is 6.58 Å². The molecule has 9 nitrogen and oxygen atoms in total. The fourth-order valence-electron chi connectivity index (χ4n) is 6.02. The number of aromatic nitrogens is 4. The molecule has 2 aromatic carbocycles. The smallest absolute Gasteiger partial charge is 0.162 e. The van der Waals surface area contributed by atoms with Crippen molar-refractivity contribution >= 4 is 29.0 Å². The molecule has 218 valence electrons. The minimum absolute atomic E-state index is 0.000560. The molecule has 1 saturated heterocycles. The predicted molar refractivity (Wildman–Crippen MR) is 171 cm³/mol. The van der Waals surface area contributed by atoms with Crippen LogP contribution in [0.5, 0.6) is 5.75 Å². The van der Waals surface area contributed by atoms with Gasteiger partial charge in [-0.2, -0.15) is 0 Å². The molecule has 1 atom stereocenters. The number of rotatable bonds is 9. The normalized spacial score (nSPS) is 14.9. The number of carbonyl (C=O) groups excluding carboxylic acids is 1. The van der Waals surface area contributed by atoms with E-state index in [-0.39, 0.29) is 18.0 Å². The third-order valence-electron chi connectivity index (χ3n) is 8.38. The van der Waals surface area contributed by atoms with Crippen molar-refractivity contribution in [3.63, 3.8) is 0 Å². The number of nitrogens with zero attached hydrogens (tertiary/aromatic N) is 6. The van der Waals surface area contributed by atoms with Gasteiger partial charge in [0.05, 0.1) is 23.0 Å². The van der Waals surface area contributed by atoms with Gasteiger partial charge in [0, 0.05) is 49.7 Å². The van der Waals surface area contributed by atoms with Gasteiger partial charge in [0.1, 0.15) is 22.9 Å². The summed E-state index contributed by atoms with van der Waals surface area (Å²) in [5.41, 5.74) is 11.8. The third kappa shape index (κ3) is 5.47. The SMILES string of the molecule is C=CCC(N1CCC(N(C)c2ccc(C=O)c(O)c2)CC1)n1c(-c2cccnc2N)nc2ccc(-c3ccccc3)nc21. The number of pyridine rings is 2. The summed E-state index contributed by atoms with van der Waals surface area (Å²) in [5, 5.41) is 10.2. The average molecular weight is 574 g/mol.